The normalized spacial score (nSPS) is 21.4. The Bertz CT molecular complexity index is 502. The second-order valence-electron chi connectivity index (χ2n) is 6.08. The quantitative estimate of drug-likeness (QED) is 0.422. The predicted octanol–water partition coefficient (Wildman–Crippen LogP) is 4.97. The van der Waals surface area contributed by atoms with Gasteiger partial charge in [-0.3, -0.25) is 9.59 Å². The van der Waals surface area contributed by atoms with Gasteiger partial charge in [-0.1, -0.05) is 26.2 Å². The predicted molar refractivity (Wildman–Crippen MR) is 87.2 cm³/mol. The van der Waals surface area contributed by atoms with Crippen molar-refractivity contribution in [1.29, 1.82) is 0 Å². The molecule has 0 aliphatic heterocycles. The fourth-order valence-electron chi connectivity index (χ4n) is 3.03. The van der Waals surface area contributed by atoms with E-state index in [0.29, 0.717) is 11.3 Å². The third-order valence-corrected chi connectivity index (χ3v) is 4.66. The maximum absolute atomic E-state index is 12.2. The van der Waals surface area contributed by atoms with Gasteiger partial charge >= 0.3 is 5.97 Å². The highest BCUT2D eigenvalue weighted by Crippen LogP contribution is 2.32. The van der Waals surface area contributed by atoms with Gasteiger partial charge in [0, 0.05) is 5.56 Å². The van der Waals surface area contributed by atoms with Gasteiger partial charge in [-0.25, -0.2) is 0 Å². The summed E-state index contributed by atoms with van der Waals surface area (Å²) in [5, 5.41) is -0.511. The van der Waals surface area contributed by atoms with Crippen LogP contribution < -0.4 is 4.74 Å². The summed E-state index contributed by atoms with van der Waals surface area (Å²) in [6.45, 7) is 2.21. The number of benzene rings is 1. The Hall–Kier alpha value is -1.35. The number of unbranched alkanes of at least 4 members (excludes halogenated alkanes) is 1. The third-order valence-electron chi connectivity index (χ3n) is 4.45. The zero-order valence-corrected chi connectivity index (χ0v) is 13.8. The molecule has 0 unspecified atom stereocenters. The topological polar surface area (TPSA) is 43.4 Å². The fourth-order valence-corrected chi connectivity index (χ4v) is 3.16. The van der Waals surface area contributed by atoms with Gasteiger partial charge in [-0.2, -0.15) is 0 Å². The van der Waals surface area contributed by atoms with E-state index in [1.54, 1.807) is 24.3 Å². The molecule has 0 spiro atoms. The molecule has 2 rings (SSSR count). The van der Waals surface area contributed by atoms with Crippen molar-refractivity contribution < 1.29 is 14.3 Å². The van der Waals surface area contributed by atoms with Crippen molar-refractivity contribution in [2.75, 3.05) is 0 Å². The second-order valence-corrected chi connectivity index (χ2v) is 6.42. The van der Waals surface area contributed by atoms with Crippen molar-refractivity contribution in [1.82, 2.24) is 0 Å². The van der Waals surface area contributed by atoms with Crippen LogP contribution >= 0.6 is 11.6 Å². The number of ether oxygens (including phenoxy) is 1. The van der Waals surface area contributed by atoms with Crippen LogP contribution in [0.4, 0.5) is 0 Å². The van der Waals surface area contributed by atoms with Crippen molar-refractivity contribution in [3.63, 3.8) is 0 Å². The van der Waals surface area contributed by atoms with Crippen molar-refractivity contribution in [2.45, 2.75) is 51.9 Å². The minimum absolute atomic E-state index is 0.00668. The summed E-state index contributed by atoms with van der Waals surface area (Å²) >= 11 is 5.39. The number of hydrogen-bond acceptors (Lipinski definition) is 3. The van der Waals surface area contributed by atoms with E-state index in [9.17, 15) is 9.59 Å². The molecule has 0 aromatic heterocycles. The molecular weight excluding hydrogens is 300 g/mol. The molecule has 1 aliphatic rings. The lowest BCUT2D eigenvalue weighted by Crippen LogP contribution is -2.25. The van der Waals surface area contributed by atoms with Gasteiger partial charge in [-0.05, 0) is 67.5 Å². The highest BCUT2D eigenvalue weighted by molar-refractivity contribution is 6.67. The third kappa shape index (κ3) is 4.84. The van der Waals surface area contributed by atoms with E-state index in [1.807, 2.05) is 0 Å². The summed E-state index contributed by atoms with van der Waals surface area (Å²) in [4.78, 5) is 23.2. The van der Waals surface area contributed by atoms with Gasteiger partial charge in [0.05, 0.1) is 5.92 Å². The molecule has 0 N–H and O–H groups in total. The number of halogens is 1. The number of carbonyl (C=O) groups excluding carboxylic acids is 2. The molecule has 0 bridgehead atoms. The zero-order chi connectivity index (χ0) is 15.9. The maximum atomic E-state index is 12.2. The molecule has 1 fully saturated rings. The van der Waals surface area contributed by atoms with Crippen molar-refractivity contribution in [2.24, 2.45) is 11.8 Å². The number of rotatable bonds is 6. The van der Waals surface area contributed by atoms with E-state index in [4.69, 9.17) is 16.3 Å². The molecule has 0 amide bonds. The van der Waals surface area contributed by atoms with Gasteiger partial charge in [0.2, 0.25) is 0 Å². The summed E-state index contributed by atoms with van der Waals surface area (Å²) in [7, 11) is 0. The highest BCUT2D eigenvalue weighted by atomic mass is 35.5. The van der Waals surface area contributed by atoms with E-state index < -0.39 is 5.24 Å². The van der Waals surface area contributed by atoms with Gasteiger partial charge in [0.15, 0.2) is 0 Å². The average molecular weight is 323 g/mol. The Morgan fingerprint density at radius 3 is 2.32 bits per heavy atom. The second kappa shape index (κ2) is 8.33. The summed E-state index contributed by atoms with van der Waals surface area (Å²) in [6, 6.07) is 6.36. The minimum Gasteiger partial charge on any atom is -0.426 e. The first-order valence-corrected chi connectivity index (χ1v) is 8.49. The van der Waals surface area contributed by atoms with Crippen LogP contribution in [0, 0.1) is 11.8 Å². The molecule has 4 heteroatoms. The van der Waals surface area contributed by atoms with E-state index in [-0.39, 0.29) is 11.9 Å². The van der Waals surface area contributed by atoms with Crippen LogP contribution in [0.3, 0.4) is 0 Å². The van der Waals surface area contributed by atoms with Crippen LogP contribution in [-0.4, -0.2) is 11.2 Å². The highest BCUT2D eigenvalue weighted by Gasteiger charge is 2.27. The number of hydrogen-bond donors (Lipinski definition) is 0. The molecule has 0 atom stereocenters. The first kappa shape index (κ1) is 17.0. The molecular formula is C18H23ClO3. The van der Waals surface area contributed by atoms with Crippen LogP contribution in [0.2, 0.25) is 0 Å². The zero-order valence-electron chi connectivity index (χ0n) is 13.0. The number of esters is 1. The summed E-state index contributed by atoms with van der Waals surface area (Å²) in [5.41, 5.74) is 0.401. The van der Waals surface area contributed by atoms with E-state index in [0.717, 1.165) is 31.6 Å². The molecule has 0 heterocycles. The maximum Gasteiger partial charge on any atom is 0.314 e. The van der Waals surface area contributed by atoms with Crippen LogP contribution in [0.25, 0.3) is 0 Å². The molecule has 22 heavy (non-hydrogen) atoms. The molecule has 1 aromatic carbocycles. The van der Waals surface area contributed by atoms with Crippen molar-refractivity contribution >= 4 is 22.8 Å². The summed E-state index contributed by atoms with van der Waals surface area (Å²) in [5.74, 6) is 1.10. The van der Waals surface area contributed by atoms with Gasteiger partial charge < -0.3 is 4.74 Å². The molecule has 1 saturated carbocycles. The molecule has 0 saturated heterocycles. The first-order valence-electron chi connectivity index (χ1n) is 8.11. The van der Waals surface area contributed by atoms with Crippen molar-refractivity contribution in [3.8, 4) is 5.75 Å². The first-order chi connectivity index (χ1) is 10.6. The molecule has 0 radical (unpaired) electrons. The minimum atomic E-state index is -0.511. The van der Waals surface area contributed by atoms with E-state index >= 15 is 0 Å². The van der Waals surface area contributed by atoms with Crippen LogP contribution in [-0.2, 0) is 4.79 Å². The van der Waals surface area contributed by atoms with Gasteiger partial charge in [0.25, 0.3) is 5.24 Å². The fraction of sp³-hybridized carbons (Fsp3) is 0.556. The lowest BCUT2D eigenvalue weighted by atomic mass is 9.80. The standard InChI is InChI=1S/C18H23ClO3/c1-2-3-4-13-5-7-15(8-6-13)18(21)22-16-11-9-14(10-12-16)17(19)20/h9-13,15H,2-8H2,1H3/t13-,15-. The van der Waals surface area contributed by atoms with Crippen LogP contribution in [0.15, 0.2) is 24.3 Å². The summed E-state index contributed by atoms with van der Waals surface area (Å²) in [6.07, 6.45) is 7.90. The Balaban J connectivity index is 1.81. The Labute approximate surface area is 137 Å². The molecule has 120 valence electrons. The van der Waals surface area contributed by atoms with Crippen LogP contribution in [0.5, 0.6) is 5.75 Å². The largest absolute Gasteiger partial charge is 0.426 e. The van der Waals surface area contributed by atoms with E-state index in [2.05, 4.69) is 6.92 Å². The van der Waals surface area contributed by atoms with E-state index in [1.165, 1.54) is 19.3 Å². The van der Waals surface area contributed by atoms with Crippen LogP contribution in [0.1, 0.15) is 62.2 Å². The molecule has 1 aromatic rings. The number of carbonyl (C=O) groups is 2. The Morgan fingerprint density at radius 1 is 1.14 bits per heavy atom. The molecule has 1 aliphatic carbocycles. The van der Waals surface area contributed by atoms with Gasteiger partial charge in [0.1, 0.15) is 5.75 Å². The SMILES string of the molecule is CCCC[C@H]1CC[C@H](C(=O)Oc2ccc(C(=O)Cl)cc2)CC1. The Kier molecular flexibility index (Phi) is 6.44. The lowest BCUT2D eigenvalue weighted by Gasteiger charge is -2.27. The summed E-state index contributed by atoms with van der Waals surface area (Å²) < 4.78 is 5.41. The van der Waals surface area contributed by atoms with Gasteiger partial charge in [-0.15, -0.1) is 0 Å². The van der Waals surface area contributed by atoms with Crippen molar-refractivity contribution in [3.05, 3.63) is 29.8 Å². The Morgan fingerprint density at radius 2 is 1.77 bits per heavy atom. The lowest BCUT2D eigenvalue weighted by molar-refractivity contribution is -0.140. The monoisotopic (exact) mass is 322 g/mol. The molecule has 3 nitrogen and oxygen atoms in total. The smallest absolute Gasteiger partial charge is 0.314 e. The average Bonchev–Trinajstić information content (AvgIpc) is 2.54.